The highest BCUT2D eigenvalue weighted by Gasteiger charge is 2.15. The number of pyridine rings is 1. The Morgan fingerprint density at radius 3 is 2.37 bits per heavy atom. The van der Waals surface area contributed by atoms with Crippen molar-refractivity contribution in [1.82, 2.24) is 4.57 Å². The minimum atomic E-state index is -0.628. The van der Waals surface area contributed by atoms with Gasteiger partial charge in [-0.2, -0.15) is 0 Å². The molecule has 3 aromatic rings. The lowest BCUT2D eigenvalue weighted by Gasteiger charge is -2.11. The van der Waals surface area contributed by atoms with Crippen LogP contribution in [0.4, 0.5) is 10.1 Å². The van der Waals surface area contributed by atoms with Crippen LogP contribution in [-0.2, 0) is 6.54 Å². The number of nitrogens with zero attached hydrogens (tertiary/aromatic N) is 1. The number of para-hydroxylation sites is 1. The van der Waals surface area contributed by atoms with E-state index in [2.05, 4.69) is 5.32 Å². The van der Waals surface area contributed by atoms with Gasteiger partial charge >= 0.3 is 0 Å². The van der Waals surface area contributed by atoms with Gasteiger partial charge in [0.05, 0.1) is 12.2 Å². The molecule has 0 aliphatic rings. The minimum absolute atomic E-state index is 0.0106. The molecule has 1 heterocycles. The van der Waals surface area contributed by atoms with Gasteiger partial charge in [0.25, 0.3) is 11.5 Å². The average molecular weight is 364 g/mol. The van der Waals surface area contributed by atoms with Gasteiger partial charge in [-0.15, -0.1) is 0 Å². The van der Waals surface area contributed by atoms with E-state index in [1.165, 1.54) is 29.8 Å². The Balaban J connectivity index is 1.90. The Morgan fingerprint density at radius 1 is 0.963 bits per heavy atom. The number of carbonyl (C=O) groups excluding carboxylic acids is 2. The second-order valence-electron chi connectivity index (χ2n) is 6.00. The first-order chi connectivity index (χ1) is 13.0. The van der Waals surface area contributed by atoms with Crippen molar-refractivity contribution in [1.29, 1.82) is 0 Å². The Kier molecular flexibility index (Phi) is 5.26. The summed E-state index contributed by atoms with van der Waals surface area (Å²) in [5.41, 5.74) is 0.400. The molecule has 0 fully saturated rings. The van der Waals surface area contributed by atoms with E-state index in [0.717, 1.165) is 0 Å². The fourth-order valence-electron chi connectivity index (χ4n) is 2.73. The lowest BCUT2D eigenvalue weighted by molar-refractivity contribution is 0.101. The van der Waals surface area contributed by atoms with E-state index in [1.807, 2.05) is 0 Å². The molecule has 0 aliphatic carbocycles. The summed E-state index contributed by atoms with van der Waals surface area (Å²) in [7, 11) is 0. The fraction of sp³-hybridized carbons (Fsp3) is 0.0952. The van der Waals surface area contributed by atoms with Crippen LogP contribution in [0.15, 0.2) is 71.7 Å². The van der Waals surface area contributed by atoms with Gasteiger partial charge in [0.15, 0.2) is 5.78 Å². The number of hydrogen-bond acceptors (Lipinski definition) is 3. The number of hydrogen-bond donors (Lipinski definition) is 1. The van der Waals surface area contributed by atoms with Crippen molar-refractivity contribution in [3.8, 4) is 0 Å². The predicted molar refractivity (Wildman–Crippen MR) is 101 cm³/mol. The first kappa shape index (κ1) is 18.3. The topological polar surface area (TPSA) is 68.2 Å². The van der Waals surface area contributed by atoms with Crippen molar-refractivity contribution in [2.75, 3.05) is 5.32 Å². The second-order valence-corrected chi connectivity index (χ2v) is 6.00. The maximum atomic E-state index is 13.8. The SMILES string of the molecule is CC(=O)c1ccccc1NC(=O)c1cccn(Cc2ccccc2F)c1=O. The van der Waals surface area contributed by atoms with Crippen LogP contribution >= 0.6 is 0 Å². The van der Waals surface area contributed by atoms with Crippen molar-refractivity contribution in [2.45, 2.75) is 13.5 Å². The van der Waals surface area contributed by atoms with Crippen LogP contribution in [0.3, 0.4) is 0 Å². The molecule has 0 bridgehead atoms. The predicted octanol–water partition coefficient (Wildman–Crippen LogP) is 3.49. The highest BCUT2D eigenvalue weighted by atomic mass is 19.1. The van der Waals surface area contributed by atoms with Crippen LogP contribution in [0.5, 0.6) is 0 Å². The second kappa shape index (κ2) is 7.78. The Bertz CT molecular complexity index is 1070. The van der Waals surface area contributed by atoms with E-state index in [4.69, 9.17) is 0 Å². The molecule has 0 unspecified atom stereocenters. The summed E-state index contributed by atoms with van der Waals surface area (Å²) in [6.45, 7) is 1.41. The van der Waals surface area contributed by atoms with Gasteiger partial charge in [-0.3, -0.25) is 14.4 Å². The van der Waals surface area contributed by atoms with Crippen molar-refractivity contribution < 1.29 is 14.0 Å². The van der Waals surface area contributed by atoms with Crippen molar-refractivity contribution in [3.05, 3.63) is 99.7 Å². The summed E-state index contributed by atoms with van der Waals surface area (Å²) in [4.78, 5) is 36.9. The number of nitrogens with one attached hydrogen (secondary N) is 1. The van der Waals surface area contributed by atoms with Gasteiger partial charge in [0, 0.05) is 17.3 Å². The van der Waals surface area contributed by atoms with Crippen molar-refractivity contribution >= 4 is 17.4 Å². The molecule has 2 aromatic carbocycles. The maximum Gasteiger partial charge on any atom is 0.263 e. The Morgan fingerprint density at radius 2 is 1.63 bits per heavy atom. The maximum absolute atomic E-state index is 13.8. The Labute approximate surface area is 155 Å². The molecule has 5 nitrogen and oxygen atoms in total. The zero-order valence-electron chi connectivity index (χ0n) is 14.6. The zero-order chi connectivity index (χ0) is 19.4. The molecule has 1 aromatic heterocycles. The highest BCUT2D eigenvalue weighted by molar-refractivity contribution is 6.08. The van der Waals surface area contributed by atoms with Gasteiger partial charge in [-0.1, -0.05) is 30.3 Å². The third kappa shape index (κ3) is 4.00. The molecule has 6 heteroatoms. The molecule has 0 atom stereocenters. The van der Waals surface area contributed by atoms with Crippen LogP contribution in [-0.4, -0.2) is 16.3 Å². The molecule has 136 valence electrons. The van der Waals surface area contributed by atoms with Crippen LogP contribution in [0.25, 0.3) is 0 Å². The van der Waals surface area contributed by atoms with Gasteiger partial charge in [0.1, 0.15) is 11.4 Å². The lowest BCUT2D eigenvalue weighted by atomic mass is 10.1. The van der Waals surface area contributed by atoms with Gasteiger partial charge < -0.3 is 9.88 Å². The smallest absolute Gasteiger partial charge is 0.263 e. The first-order valence-corrected chi connectivity index (χ1v) is 8.31. The van der Waals surface area contributed by atoms with E-state index < -0.39 is 17.3 Å². The number of benzene rings is 2. The number of aromatic nitrogens is 1. The number of carbonyl (C=O) groups is 2. The van der Waals surface area contributed by atoms with Crippen LogP contribution in [0, 0.1) is 5.82 Å². The number of amides is 1. The van der Waals surface area contributed by atoms with E-state index in [1.54, 1.807) is 48.5 Å². The lowest BCUT2D eigenvalue weighted by Crippen LogP contribution is -2.29. The molecular weight excluding hydrogens is 347 g/mol. The molecule has 0 aliphatic heterocycles. The molecule has 0 saturated heterocycles. The van der Waals surface area contributed by atoms with E-state index in [9.17, 15) is 18.8 Å². The monoisotopic (exact) mass is 364 g/mol. The first-order valence-electron chi connectivity index (χ1n) is 8.31. The molecule has 27 heavy (non-hydrogen) atoms. The van der Waals surface area contributed by atoms with Gasteiger partial charge in [0.2, 0.25) is 0 Å². The number of anilines is 1. The van der Waals surface area contributed by atoms with Gasteiger partial charge in [-0.05, 0) is 37.3 Å². The summed E-state index contributed by atoms with van der Waals surface area (Å²) >= 11 is 0. The zero-order valence-corrected chi connectivity index (χ0v) is 14.6. The largest absolute Gasteiger partial charge is 0.321 e. The number of ketones is 1. The standard InChI is InChI=1S/C21H17FN2O3/c1-14(25)16-8-3-5-11-19(16)23-20(26)17-9-6-12-24(21(17)27)13-15-7-2-4-10-18(15)22/h2-12H,13H2,1H3,(H,23,26). The molecular formula is C21H17FN2O3. The number of rotatable bonds is 5. The van der Waals surface area contributed by atoms with Crippen LogP contribution in [0.1, 0.15) is 33.2 Å². The quantitative estimate of drug-likeness (QED) is 0.705. The molecule has 1 N–H and O–H groups in total. The summed E-state index contributed by atoms with van der Waals surface area (Å²) in [5, 5.41) is 2.60. The third-order valence-corrected chi connectivity index (χ3v) is 4.12. The van der Waals surface area contributed by atoms with E-state index in [-0.39, 0.29) is 17.9 Å². The summed E-state index contributed by atoms with van der Waals surface area (Å²) < 4.78 is 15.1. The fourth-order valence-corrected chi connectivity index (χ4v) is 2.73. The van der Waals surface area contributed by atoms with Crippen molar-refractivity contribution in [2.24, 2.45) is 0 Å². The third-order valence-electron chi connectivity index (χ3n) is 4.12. The molecule has 0 radical (unpaired) electrons. The van der Waals surface area contributed by atoms with Crippen LogP contribution < -0.4 is 10.9 Å². The molecule has 3 rings (SSSR count). The van der Waals surface area contributed by atoms with E-state index in [0.29, 0.717) is 16.8 Å². The number of halogens is 1. The summed E-state index contributed by atoms with van der Waals surface area (Å²) in [6.07, 6.45) is 1.50. The normalized spacial score (nSPS) is 10.4. The summed E-state index contributed by atoms with van der Waals surface area (Å²) in [5.74, 6) is -1.25. The molecule has 0 spiro atoms. The minimum Gasteiger partial charge on any atom is -0.321 e. The van der Waals surface area contributed by atoms with Crippen LogP contribution in [0.2, 0.25) is 0 Å². The molecule has 1 amide bonds. The highest BCUT2D eigenvalue weighted by Crippen LogP contribution is 2.16. The van der Waals surface area contributed by atoms with Crippen molar-refractivity contribution in [3.63, 3.8) is 0 Å². The average Bonchev–Trinajstić information content (AvgIpc) is 2.65. The van der Waals surface area contributed by atoms with E-state index >= 15 is 0 Å². The Hall–Kier alpha value is -3.54. The molecule has 0 saturated carbocycles. The van der Waals surface area contributed by atoms with Gasteiger partial charge in [-0.25, -0.2) is 4.39 Å². The number of Topliss-reactive ketones (excluding diaryl/α,β-unsaturated/α-hetero) is 1. The summed E-state index contributed by atoms with van der Waals surface area (Å²) in [6, 6.07) is 15.7.